The maximum absolute atomic E-state index is 17.4. The van der Waals surface area contributed by atoms with Crippen molar-refractivity contribution in [2.75, 3.05) is 26.4 Å². The topological polar surface area (TPSA) is 281 Å². The van der Waals surface area contributed by atoms with E-state index in [1.165, 1.54) is 19.1 Å². The lowest BCUT2D eigenvalue weighted by Crippen LogP contribution is -2.69. The van der Waals surface area contributed by atoms with E-state index < -0.39 is 105 Å². The van der Waals surface area contributed by atoms with Crippen LogP contribution in [-0.4, -0.2) is 111 Å². The van der Waals surface area contributed by atoms with E-state index in [-0.39, 0.29) is 77.0 Å². The number of aliphatic hydroxyl groups is 3. The molecule has 20 heteroatoms. The van der Waals surface area contributed by atoms with E-state index in [1.54, 1.807) is 13.0 Å². The van der Waals surface area contributed by atoms with Gasteiger partial charge in [0.1, 0.15) is 6.04 Å². The van der Waals surface area contributed by atoms with Gasteiger partial charge >= 0.3 is 11.9 Å². The van der Waals surface area contributed by atoms with Crippen LogP contribution in [0.25, 0.3) is 0 Å². The van der Waals surface area contributed by atoms with Crippen LogP contribution in [0, 0.1) is 42.9 Å². The summed E-state index contributed by atoms with van der Waals surface area (Å²) in [6.45, 7) is 1.30. The van der Waals surface area contributed by atoms with Gasteiger partial charge in [0, 0.05) is 29.6 Å². The molecular weight excluding hydrogens is 737 g/mol. The fourth-order valence-electron chi connectivity index (χ4n) is 8.90. The molecule has 0 bridgehead atoms. The quantitative estimate of drug-likeness (QED) is 0.0445. The lowest BCUT2D eigenvalue weighted by molar-refractivity contribution is -0.757. The van der Waals surface area contributed by atoms with Crippen LogP contribution < -0.4 is 5.32 Å². The van der Waals surface area contributed by atoms with Crippen molar-refractivity contribution >= 4 is 29.4 Å². The number of halogens is 1. The number of alkyl halides is 1. The molecule has 0 saturated heterocycles. The Morgan fingerprint density at radius 1 is 0.964 bits per heavy atom. The number of fused-ring (bicyclic) bond motifs is 5. The summed E-state index contributed by atoms with van der Waals surface area (Å²) in [5.41, 5.74) is -7.27. The Kier molecular flexibility index (Phi) is 13.7. The molecular formula is C35H48FN3O16. The van der Waals surface area contributed by atoms with Crippen molar-refractivity contribution in [2.24, 2.45) is 22.7 Å². The SMILES string of the molecule is C[C@]12C=CC(=O)CC1=CC[C@H]1[C@@H]3C[C@@H](O)[C@](O)(C(=O)COC(=O)CC(NC(=O)CCCCCO[N+](=O)[O-])C(=O)OCCCCO[N+](=O)[O-])[C@@]3(C)C[C@H](O)[C@@]12F. The number of carbonyl (C=O) groups excluding carboxylic acids is 5. The van der Waals surface area contributed by atoms with E-state index in [9.17, 15) is 59.5 Å². The number of hydrogen-bond donors (Lipinski definition) is 4. The molecule has 4 N–H and O–H groups in total. The van der Waals surface area contributed by atoms with Crippen LogP contribution in [0.5, 0.6) is 0 Å². The van der Waals surface area contributed by atoms with E-state index in [0.717, 1.165) is 0 Å². The van der Waals surface area contributed by atoms with E-state index in [1.807, 2.05) is 0 Å². The van der Waals surface area contributed by atoms with Crippen molar-refractivity contribution in [3.05, 3.63) is 44.0 Å². The van der Waals surface area contributed by atoms with Crippen molar-refractivity contribution in [1.82, 2.24) is 5.32 Å². The third-order valence-corrected chi connectivity index (χ3v) is 11.8. The summed E-state index contributed by atoms with van der Waals surface area (Å²) in [6, 6.07) is -1.61. The summed E-state index contributed by atoms with van der Waals surface area (Å²) in [5.74, 6) is -6.03. The van der Waals surface area contributed by atoms with Gasteiger partial charge in [-0.3, -0.25) is 19.2 Å². The third kappa shape index (κ3) is 8.80. The number of allylic oxidation sites excluding steroid dienone is 4. The standard InChI is InChI=1S/C35H48FN3O16/c1-32-12-11-22(40)16-21(32)9-10-23-24-17-26(41)35(47,33(24,2)19-27(42)34(23,32)36)28(43)20-53-30(45)18-25(31(46)52-13-6-7-15-55-39(50)51)37-29(44)8-4-3-5-14-54-38(48)49/h9,11-12,23-27,41-42,47H,3-8,10,13-20H2,1-2H3,(H,37,44)/t23-,24-,25?,26+,27-,32-,33-,34-,35-/m0/s1. The highest BCUT2D eigenvalue weighted by Gasteiger charge is 2.76. The first-order valence-electron chi connectivity index (χ1n) is 18.2. The zero-order valence-electron chi connectivity index (χ0n) is 30.6. The van der Waals surface area contributed by atoms with Crippen molar-refractivity contribution in [3.63, 3.8) is 0 Å². The highest BCUT2D eigenvalue weighted by atomic mass is 19.1. The number of aliphatic hydroxyl groups excluding tert-OH is 2. The number of Topliss-reactive ketones (excluding diaryl/α,β-unsaturated/α-hetero) is 1. The number of nitrogens with zero attached hydrogens (tertiary/aromatic N) is 2. The fraction of sp³-hybridized carbons (Fsp3) is 0.743. The number of unbranched alkanes of at least 4 members (excludes halogenated alkanes) is 3. The molecule has 0 aliphatic heterocycles. The van der Waals surface area contributed by atoms with Crippen LogP contribution in [0.1, 0.15) is 84.5 Å². The summed E-state index contributed by atoms with van der Waals surface area (Å²) in [7, 11) is 0. The Morgan fingerprint density at radius 3 is 2.25 bits per heavy atom. The minimum Gasteiger partial charge on any atom is -0.464 e. The molecule has 306 valence electrons. The first-order chi connectivity index (χ1) is 25.8. The Bertz CT molecular complexity index is 1590. The summed E-state index contributed by atoms with van der Waals surface area (Å²) in [5, 5.41) is 55.6. The van der Waals surface area contributed by atoms with Crippen LogP contribution in [0.3, 0.4) is 0 Å². The molecule has 0 aromatic rings. The van der Waals surface area contributed by atoms with Gasteiger partial charge in [-0.15, -0.1) is 20.2 Å². The van der Waals surface area contributed by atoms with Gasteiger partial charge in [-0.25, -0.2) is 9.18 Å². The molecule has 0 radical (unpaired) electrons. The van der Waals surface area contributed by atoms with Gasteiger partial charge in [0.25, 0.3) is 10.2 Å². The summed E-state index contributed by atoms with van der Waals surface area (Å²) >= 11 is 0. The van der Waals surface area contributed by atoms with Gasteiger partial charge in [0.15, 0.2) is 23.7 Å². The first-order valence-corrected chi connectivity index (χ1v) is 18.2. The largest absolute Gasteiger partial charge is 0.464 e. The molecule has 1 unspecified atom stereocenters. The van der Waals surface area contributed by atoms with Crippen molar-refractivity contribution in [1.29, 1.82) is 0 Å². The smallest absolute Gasteiger partial charge is 0.329 e. The number of ether oxygens (including phenoxy) is 2. The third-order valence-electron chi connectivity index (χ3n) is 11.8. The number of amides is 1. The Balaban J connectivity index is 1.40. The average Bonchev–Trinajstić information content (AvgIpc) is 3.31. The van der Waals surface area contributed by atoms with E-state index in [0.29, 0.717) is 12.0 Å². The minimum atomic E-state index is -2.58. The molecule has 55 heavy (non-hydrogen) atoms. The normalized spacial score (nSPS) is 32.5. The molecule has 0 aromatic heterocycles. The van der Waals surface area contributed by atoms with Crippen LogP contribution in [0.4, 0.5) is 4.39 Å². The Morgan fingerprint density at radius 2 is 1.60 bits per heavy atom. The maximum atomic E-state index is 17.4. The van der Waals surface area contributed by atoms with E-state index in [4.69, 9.17) is 9.47 Å². The average molecular weight is 786 g/mol. The Labute approximate surface area is 314 Å². The molecule has 2 saturated carbocycles. The van der Waals surface area contributed by atoms with Crippen LogP contribution in [-0.2, 0) is 43.1 Å². The predicted octanol–water partition coefficient (Wildman–Crippen LogP) is 1.35. The molecule has 4 aliphatic rings. The second kappa shape index (κ2) is 17.5. The monoisotopic (exact) mass is 785 g/mol. The van der Waals surface area contributed by atoms with Crippen LogP contribution >= 0.6 is 0 Å². The highest BCUT2D eigenvalue weighted by molar-refractivity contribution is 5.94. The molecule has 2 fully saturated rings. The van der Waals surface area contributed by atoms with Gasteiger partial charge in [0.05, 0.1) is 38.4 Å². The maximum Gasteiger partial charge on any atom is 0.329 e. The van der Waals surface area contributed by atoms with Crippen LogP contribution in [0.15, 0.2) is 23.8 Å². The van der Waals surface area contributed by atoms with Crippen LogP contribution in [0.2, 0.25) is 0 Å². The molecule has 4 rings (SSSR count). The molecule has 9 atom stereocenters. The summed E-state index contributed by atoms with van der Waals surface area (Å²) < 4.78 is 27.6. The summed E-state index contributed by atoms with van der Waals surface area (Å²) in [4.78, 5) is 93.3. The van der Waals surface area contributed by atoms with Crippen molar-refractivity contribution in [2.45, 2.75) is 114 Å². The fourth-order valence-corrected chi connectivity index (χ4v) is 8.90. The molecule has 0 aromatic carbocycles. The van der Waals surface area contributed by atoms with E-state index >= 15 is 4.39 Å². The lowest BCUT2D eigenvalue weighted by atomic mass is 9.45. The molecule has 0 heterocycles. The Hall–Kier alpha value is -4.56. The zero-order valence-corrected chi connectivity index (χ0v) is 30.6. The second-order valence-electron chi connectivity index (χ2n) is 15.0. The number of carbonyl (C=O) groups is 5. The molecule has 19 nitrogen and oxygen atoms in total. The number of ketones is 2. The molecule has 0 spiro atoms. The zero-order chi connectivity index (χ0) is 40.8. The number of esters is 2. The van der Waals surface area contributed by atoms with Gasteiger partial charge in [-0.2, -0.15) is 0 Å². The molecule has 1 amide bonds. The van der Waals surface area contributed by atoms with Gasteiger partial charge in [-0.1, -0.05) is 31.1 Å². The number of rotatable bonds is 20. The first kappa shape index (κ1) is 43.2. The number of nitrogens with one attached hydrogen (secondary N) is 1. The lowest BCUT2D eigenvalue weighted by Gasteiger charge is -2.61. The van der Waals surface area contributed by atoms with Gasteiger partial charge in [0.2, 0.25) is 11.7 Å². The van der Waals surface area contributed by atoms with Crippen molar-refractivity contribution in [3.8, 4) is 0 Å². The highest BCUT2D eigenvalue weighted by Crippen LogP contribution is 2.69. The van der Waals surface area contributed by atoms with Gasteiger partial charge in [-0.05, 0) is 63.9 Å². The van der Waals surface area contributed by atoms with Gasteiger partial charge < -0.3 is 39.8 Å². The van der Waals surface area contributed by atoms with Crippen molar-refractivity contribution < 1.29 is 73.0 Å². The molecule has 4 aliphatic carbocycles. The number of hydrogen-bond acceptors (Lipinski definition) is 16. The second-order valence-corrected chi connectivity index (χ2v) is 15.0. The van der Waals surface area contributed by atoms with E-state index in [2.05, 4.69) is 15.0 Å². The predicted molar refractivity (Wildman–Crippen MR) is 182 cm³/mol. The summed E-state index contributed by atoms with van der Waals surface area (Å²) in [6.07, 6.45) is 0.641. The minimum absolute atomic E-state index is 0.0101.